The third-order valence-electron chi connectivity index (χ3n) is 5.68. The standard InChI is InChI=1S/C22H30N4O4/c1-16-19(21(28)24(2)22(29)26(16)18-8-5-4-6-9-18)25-13-10-17(11-14-25)20(27)23-12-7-15-30-3/h4-6,8-9,17H,7,10-15H2,1-3H3,(H,23,27). The average Bonchev–Trinajstić information content (AvgIpc) is 2.76. The van der Waals surface area contributed by atoms with Crippen molar-refractivity contribution in [1.29, 1.82) is 0 Å². The number of rotatable bonds is 7. The van der Waals surface area contributed by atoms with Gasteiger partial charge in [0.05, 0.1) is 11.4 Å². The Morgan fingerprint density at radius 3 is 2.47 bits per heavy atom. The van der Waals surface area contributed by atoms with Gasteiger partial charge in [0.2, 0.25) is 5.91 Å². The Morgan fingerprint density at radius 1 is 1.17 bits per heavy atom. The maximum absolute atomic E-state index is 12.9. The molecule has 0 unspecified atom stereocenters. The molecule has 2 aromatic rings. The summed E-state index contributed by atoms with van der Waals surface area (Å²) in [5.41, 5.74) is 1.21. The highest BCUT2D eigenvalue weighted by Gasteiger charge is 2.28. The fourth-order valence-electron chi connectivity index (χ4n) is 3.98. The van der Waals surface area contributed by atoms with Crippen LogP contribution in [0.1, 0.15) is 25.0 Å². The number of piperidine rings is 1. The maximum atomic E-state index is 12.9. The summed E-state index contributed by atoms with van der Waals surface area (Å²) in [5.74, 6) is -0.00221. The lowest BCUT2D eigenvalue weighted by Crippen LogP contribution is -2.46. The van der Waals surface area contributed by atoms with Crippen molar-refractivity contribution in [2.24, 2.45) is 13.0 Å². The van der Waals surface area contributed by atoms with Gasteiger partial charge in [-0.2, -0.15) is 0 Å². The van der Waals surface area contributed by atoms with Crippen molar-refractivity contribution in [2.75, 3.05) is 38.3 Å². The summed E-state index contributed by atoms with van der Waals surface area (Å²) in [6, 6.07) is 9.31. The number of para-hydroxylation sites is 1. The molecule has 30 heavy (non-hydrogen) atoms. The minimum absolute atomic E-state index is 0.0598. The molecule has 1 aliphatic rings. The van der Waals surface area contributed by atoms with Gasteiger partial charge in [0.25, 0.3) is 5.56 Å². The van der Waals surface area contributed by atoms with Crippen LogP contribution in [-0.4, -0.2) is 48.4 Å². The zero-order valence-electron chi connectivity index (χ0n) is 17.9. The third kappa shape index (κ3) is 4.48. The van der Waals surface area contributed by atoms with Gasteiger partial charge in [0.1, 0.15) is 5.69 Å². The number of nitrogens with one attached hydrogen (secondary N) is 1. The number of anilines is 1. The zero-order valence-corrected chi connectivity index (χ0v) is 17.9. The van der Waals surface area contributed by atoms with E-state index < -0.39 is 0 Å². The van der Waals surface area contributed by atoms with Gasteiger partial charge in [0, 0.05) is 46.3 Å². The minimum atomic E-state index is -0.363. The van der Waals surface area contributed by atoms with Crippen molar-refractivity contribution in [3.8, 4) is 5.69 Å². The molecule has 1 aromatic heterocycles. The van der Waals surface area contributed by atoms with Crippen molar-refractivity contribution < 1.29 is 9.53 Å². The number of hydrogen-bond donors (Lipinski definition) is 1. The number of aromatic nitrogens is 2. The highest BCUT2D eigenvalue weighted by atomic mass is 16.5. The Hall–Kier alpha value is -2.87. The normalized spacial score (nSPS) is 14.7. The number of nitrogens with zero attached hydrogens (tertiary/aromatic N) is 3. The van der Waals surface area contributed by atoms with Crippen LogP contribution in [0.5, 0.6) is 0 Å². The molecule has 162 valence electrons. The first kappa shape index (κ1) is 21.8. The van der Waals surface area contributed by atoms with Crippen LogP contribution in [0.25, 0.3) is 5.69 Å². The highest BCUT2D eigenvalue weighted by Crippen LogP contribution is 2.24. The zero-order chi connectivity index (χ0) is 21.7. The largest absolute Gasteiger partial charge is 0.385 e. The van der Waals surface area contributed by atoms with Gasteiger partial charge in [-0.3, -0.25) is 18.7 Å². The van der Waals surface area contributed by atoms with Crippen LogP contribution < -0.4 is 21.5 Å². The summed E-state index contributed by atoms with van der Waals surface area (Å²) in [4.78, 5) is 40.1. The van der Waals surface area contributed by atoms with Crippen molar-refractivity contribution in [1.82, 2.24) is 14.5 Å². The summed E-state index contributed by atoms with van der Waals surface area (Å²) in [6.07, 6.45) is 2.13. The summed E-state index contributed by atoms with van der Waals surface area (Å²) < 4.78 is 7.73. The van der Waals surface area contributed by atoms with Gasteiger partial charge in [-0.1, -0.05) is 18.2 Å². The van der Waals surface area contributed by atoms with Crippen molar-refractivity contribution >= 4 is 11.6 Å². The number of carbonyl (C=O) groups excluding carboxylic acids is 1. The second kappa shape index (κ2) is 9.75. The molecule has 0 bridgehead atoms. The van der Waals surface area contributed by atoms with E-state index in [1.54, 1.807) is 18.6 Å². The van der Waals surface area contributed by atoms with Crippen LogP contribution in [0.2, 0.25) is 0 Å². The molecule has 1 amide bonds. The Balaban J connectivity index is 1.79. The predicted molar refractivity (Wildman–Crippen MR) is 116 cm³/mol. The van der Waals surface area contributed by atoms with E-state index in [9.17, 15) is 14.4 Å². The van der Waals surface area contributed by atoms with E-state index in [0.717, 1.165) is 16.7 Å². The first-order chi connectivity index (χ1) is 14.5. The summed E-state index contributed by atoms with van der Waals surface area (Å²) in [7, 11) is 3.15. The molecule has 1 N–H and O–H groups in total. The Labute approximate surface area is 176 Å². The molecule has 0 spiro atoms. The van der Waals surface area contributed by atoms with Crippen LogP contribution in [-0.2, 0) is 16.6 Å². The smallest absolute Gasteiger partial charge is 0.335 e. The topological polar surface area (TPSA) is 85.6 Å². The molecule has 8 nitrogen and oxygen atoms in total. The molecule has 2 heterocycles. The van der Waals surface area contributed by atoms with E-state index >= 15 is 0 Å². The van der Waals surface area contributed by atoms with E-state index in [2.05, 4.69) is 5.32 Å². The summed E-state index contributed by atoms with van der Waals surface area (Å²) in [6.45, 7) is 4.23. The number of hydrogen-bond acceptors (Lipinski definition) is 5. The lowest BCUT2D eigenvalue weighted by Gasteiger charge is -2.34. The van der Waals surface area contributed by atoms with Crippen molar-refractivity contribution in [2.45, 2.75) is 26.2 Å². The van der Waals surface area contributed by atoms with Gasteiger partial charge in [-0.05, 0) is 38.3 Å². The van der Waals surface area contributed by atoms with E-state index in [4.69, 9.17) is 4.74 Å². The first-order valence-corrected chi connectivity index (χ1v) is 10.4. The average molecular weight is 415 g/mol. The van der Waals surface area contributed by atoms with Gasteiger partial charge >= 0.3 is 5.69 Å². The van der Waals surface area contributed by atoms with Crippen LogP contribution in [0, 0.1) is 12.8 Å². The lowest BCUT2D eigenvalue weighted by molar-refractivity contribution is -0.125. The van der Waals surface area contributed by atoms with Gasteiger partial charge < -0.3 is 15.0 Å². The SMILES string of the molecule is COCCCNC(=O)C1CCN(c2c(C)n(-c3ccccc3)c(=O)n(C)c2=O)CC1. The Bertz CT molecular complexity index is 989. The van der Waals surface area contributed by atoms with Crippen LogP contribution >= 0.6 is 0 Å². The molecule has 0 atom stereocenters. The predicted octanol–water partition coefficient (Wildman–Crippen LogP) is 1.21. The van der Waals surface area contributed by atoms with Gasteiger partial charge in [-0.25, -0.2) is 4.79 Å². The van der Waals surface area contributed by atoms with E-state index in [0.29, 0.717) is 50.5 Å². The first-order valence-electron chi connectivity index (χ1n) is 10.4. The van der Waals surface area contributed by atoms with Gasteiger partial charge in [-0.15, -0.1) is 0 Å². The van der Waals surface area contributed by atoms with E-state index in [1.165, 1.54) is 7.05 Å². The minimum Gasteiger partial charge on any atom is -0.385 e. The van der Waals surface area contributed by atoms with Crippen LogP contribution in [0.3, 0.4) is 0 Å². The molecule has 8 heteroatoms. The van der Waals surface area contributed by atoms with E-state index in [1.807, 2.05) is 35.2 Å². The number of benzene rings is 1. The molecule has 0 aliphatic carbocycles. The molecule has 0 saturated carbocycles. The number of amides is 1. The molecule has 1 aromatic carbocycles. The number of carbonyl (C=O) groups is 1. The van der Waals surface area contributed by atoms with E-state index in [-0.39, 0.29) is 23.1 Å². The lowest BCUT2D eigenvalue weighted by atomic mass is 9.95. The molecular formula is C22H30N4O4. The Morgan fingerprint density at radius 2 is 1.83 bits per heavy atom. The molecule has 1 fully saturated rings. The summed E-state index contributed by atoms with van der Waals surface area (Å²) >= 11 is 0. The molecular weight excluding hydrogens is 384 g/mol. The molecule has 0 radical (unpaired) electrons. The number of methoxy groups -OCH3 is 1. The molecule has 3 rings (SSSR count). The fraction of sp³-hybridized carbons (Fsp3) is 0.500. The van der Waals surface area contributed by atoms with Crippen molar-refractivity contribution in [3.05, 3.63) is 56.9 Å². The van der Waals surface area contributed by atoms with Crippen molar-refractivity contribution in [3.63, 3.8) is 0 Å². The molecule has 1 aliphatic heterocycles. The monoisotopic (exact) mass is 414 g/mol. The van der Waals surface area contributed by atoms with Crippen LogP contribution in [0.4, 0.5) is 5.69 Å². The second-order valence-corrected chi connectivity index (χ2v) is 7.65. The Kier molecular flexibility index (Phi) is 7.10. The molecule has 1 saturated heterocycles. The second-order valence-electron chi connectivity index (χ2n) is 7.65. The fourth-order valence-corrected chi connectivity index (χ4v) is 3.98. The number of ether oxygens (including phenoxy) is 1. The van der Waals surface area contributed by atoms with Gasteiger partial charge in [0.15, 0.2) is 0 Å². The highest BCUT2D eigenvalue weighted by molar-refractivity contribution is 5.79. The third-order valence-corrected chi connectivity index (χ3v) is 5.68. The quantitative estimate of drug-likeness (QED) is 0.689. The maximum Gasteiger partial charge on any atom is 0.335 e. The summed E-state index contributed by atoms with van der Waals surface area (Å²) in [5, 5.41) is 2.96. The van der Waals surface area contributed by atoms with Crippen LogP contribution in [0.15, 0.2) is 39.9 Å².